The molecular formula is C32H36N4O4S. The zero-order valence-electron chi connectivity index (χ0n) is 23.6. The van der Waals surface area contributed by atoms with Crippen LogP contribution in [-0.2, 0) is 16.6 Å². The van der Waals surface area contributed by atoms with E-state index in [1.54, 1.807) is 52.4 Å². The molecule has 5 rings (SSSR count). The third-order valence-corrected chi connectivity index (χ3v) is 9.11. The first-order chi connectivity index (χ1) is 19.8. The summed E-state index contributed by atoms with van der Waals surface area (Å²) >= 11 is 0. The summed E-state index contributed by atoms with van der Waals surface area (Å²) in [6, 6.07) is 16.0. The number of urea groups is 1. The molecule has 1 fully saturated rings. The number of rotatable bonds is 11. The largest absolute Gasteiger partial charge is 0.493 e. The molecular weight excluding hydrogens is 536 g/mol. The first kappa shape index (κ1) is 28.4. The number of fused-ring (bicyclic) bond motifs is 1. The lowest BCUT2D eigenvalue weighted by atomic mass is 10.1. The Hall–Kier alpha value is -4.11. The fraction of sp³-hybridized carbons (Fsp3) is 0.312. The van der Waals surface area contributed by atoms with E-state index >= 15 is 0 Å². The van der Waals surface area contributed by atoms with Gasteiger partial charge in [-0.2, -0.15) is 0 Å². The van der Waals surface area contributed by atoms with E-state index in [2.05, 4.69) is 18.5 Å². The summed E-state index contributed by atoms with van der Waals surface area (Å²) < 4.78 is 34.0. The number of carbonyl (C=O) groups excluding carboxylic acids is 1. The van der Waals surface area contributed by atoms with E-state index < -0.39 is 10.0 Å². The number of aromatic nitrogens is 2. The van der Waals surface area contributed by atoms with Crippen molar-refractivity contribution in [2.75, 3.05) is 24.6 Å². The van der Waals surface area contributed by atoms with Crippen molar-refractivity contribution in [3.8, 4) is 5.75 Å². The Balaban J connectivity index is 1.38. The van der Waals surface area contributed by atoms with Gasteiger partial charge in [0.15, 0.2) is 5.65 Å². The molecule has 8 nitrogen and oxygen atoms in total. The van der Waals surface area contributed by atoms with E-state index in [1.165, 1.54) is 10.2 Å². The minimum absolute atomic E-state index is 0.101. The van der Waals surface area contributed by atoms with Crippen LogP contribution >= 0.6 is 0 Å². The molecule has 0 radical (unpaired) electrons. The van der Waals surface area contributed by atoms with E-state index in [9.17, 15) is 13.2 Å². The van der Waals surface area contributed by atoms with Gasteiger partial charge in [0, 0.05) is 54.7 Å². The Kier molecular flexibility index (Phi) is 8.44. The van der Waals surface area contributed by atoms with Crippen LogP contribution in [0.1, 0.15) is 49.3 Å². The molecule has 0 saturated carbocycles. The summed E-state index contributed by atoms with van der Waals surface area (Å²) in [7, 11) is -3.82. The van der Waals surface area contributed by atoms with Gasteiger partial charge in [0.1, 0.15) is 5.75 Å². The molecule has 4 aromatic rings. The molecule has 3 heterocycles. The number of nitrogens with zero attached hydrogens (tertiary/aromatic N) is 4. The van der Waals surface area contributed by atoms with Gasteiger partial charge in [0.25, 0.3) is 10.0 Å². The number of amides is 2. The molecule has 41 heavy (non-hydrogen) atoms. The Bertz CT molecular complexity index is 1660. The maximum Gasteiger partial charge on any atom is 0.324 e. The second kappa shape index (κ2) is 12.2. The average molecular weight is 573 g/mol. The van der Waals surface area contributed by atoms with Crippen LogP contribution in [0.15, 0.2) is 78.5 Å². The van der Waals surface area contributed by atoms with Crippen LogP contribution in [0.5, 0.6) is 5.75 Å². The fourth-order valence-corrected chi connectivity index (χ4v) is 6.42. The van der Waals surface area contributed by atoms with E-state index in [1.807, 2.05) is 31.2 Å². The van der Waals surface area contributed by atoms with Crippen molar-refractivity contribution in [1.82, 2.24) is 13.9 Å². The van der Waals surface area contributed by atoms with Crippen LogP contribution in [0, 0.1) is 6.92 Å². The van der Waals surface area contributed by atoms with E-state index in [0.29, 0.717) is 37.3 Å². The van der Waals surface area contributed by atoms with Crippen molar-refractivity contribution in [1.29, 1.82) is 0 Å². The van der Waals surface area contributed by atoms with Gasteiger partial charge in [0.2, 0.25) is 0 Å². The van der Waals surface area contributed by atoms with E-state index in [4.69, 9.17) is 4.74 Å². The monoisotopic (exact) mass is 572 g/mol. The minimum atomic E-state index is -3.82. The second-order valence-corrected chi connectivity index (χ2v) is 12.1. The molecule has 0 spiro atoms. The van der Waals surface area contributed by atoms with Gasteiger partial charge < -0.3 is 9.64 Å². The normalized spacial score (nSPS) is 14.0. The summed E-state index contributed by atoms with van der Waals surface area (Å²) in [4.78, 5) is 21.9. The Morgan fingerprint density at radius 3 is 2.61 bits per heavy atom. The highest BCUT2D eigenvalue weighted by Gasteiger charge is 2.28. The van der Waals surface area contributed by atoms with Gasteiger partial charge in [-0.05, 0) is 61.7 Å². The molecule has 0 bridgehead atoms. The Morgan fingerprint density at radius 1 is 1.05 bits per heavy atom. The Labute approximate surface area is 241 Å². The molecule has 1 saturated heterocycles. The molecule has 1 aliphatic heterocycles. The summed E-state index contributed by atoms with van der Waals surface area (Å²) in [6.45, 7) is 10.1. The number of aryl methyl sites for hydroxylation is 1. The number of carbonyl (C=O) groups is 1. The highest BCUT2D eigenvalue weighted by atomic mass is 32.2. The standard InChI is InChI=1S/C32H36N4O4S/c1-4-6-7-21-40-30-22-27(12-11-25(30)5-2)35-19-8-18-34(32(35)37)23-26-15-17-33-31-29(26)16-20-36(31)41(38,39)28-13-9-24(3)10-14-28/h5,9-17,20,22H,2,4,6-8,18-19,21,23H2,1,3H3. The van der Waals surface area contributed by atoms with Gasteiger partial charge in [-0.15, -0.1) is 0 Å². The smallest absolute Gasteiger partial charge is 0.324 e. The molecule has 0 atom stereocenters. The number of unbranched alkanes of at least 4 members (excludes halogenated alkanes) is 2. The zero-order valence-corrected chi connectivity index (χ0v) is 24.4. The lowest BCUT2D eigenvalue weighted by Crippen LogP contribution is -2.49. The molecule has 0 aliphatic carbocycles. The van der Waals surface area contributed by atoms with Crippen LogP contribution in [0.4, 0.5) is 10.5 Å². The summed E-state index contributed by atoms with van der Waals surface area (Å²) in [5, 5.41) is 0.700. The van der Waals surface area contributed by atoms with Crippen LogP contribution in [0.3, 0.4) is 0 Å². The molecule has 1 aliphatic rings. The van der Waals surface area contributed by atoms with Gasteiger partial charge in [0.05, 0.1) is 11.5 Å². The molecule has 2 amide bonds. The highest BCUT2D eigenvalue weighted by molar-refractivity contribution is 7.90. The molecule has 9 heteroatoms. The van der Waals surface area contributed by atoms with Crippen LogP contribution in [0.2, 0.25) is 0 Å². The third kappa shape index (κ3) is 5.86. The van der Waals surface area contributed by atoms with Crippen molar-refractivity contribution in [3.63, 3.8) is 0 Å². The van der Waals surface area contributed by atoms with Crippen LogP contribution in [-0.4, -0.2) is 48.0 Å². The molecule has 214 valence electrons. The first-order valence-corrected chi connectivity index (χ1v) is 15.5. The maximum atomic E-state index is 13.7. The van der Waals surface area contributed by atoms with Gasteiger partial charge in [-0.1, -0.05) is 50.1 Å². The fourth-order valence-electron chi connectivity index (χ4n) is 5.12. The van der Waals surface area contributed by atoms with Crippen LogP contribution in [0.25, 0.3) is 17.1 Å². The SMILES string of the molecule is C=Cc1ccc(N2CCCN(Cc3ccnc4c3ccn4S(=O)(=O)c3ccc(C)cc3)C2=O)cc1OCCCCC. The zero-order chi connectivity index (χ0) is 29.0. The van der Waals surface area contributed by atoms with E-state index in [0.717, 1.165) is 53.8 Å². The number of anilines is 1. The van der Waals surface area contributed by atoms with Gasteiger partial charge >= 0.3 is 6.03 Å². The van der Waals surface area contributed by atoms with Gasteiger partial charge in [-0.25, -0.2) is 22.2 Å². The topological polar surface area (TPSA) is 84.7 Å². The Morgan fingerprint density at radius 2 is 1.85 bits per heavy atom. The number of ether oxygens (including phenoxy) is 1. The van der Waals surface area contributed by atoms with E-state index in [-0.39, 0.29) is 10.9 Å². The third-order valence-electron chi connectivity index (χ3n) is 7.43. The highest BCUT2D eigenvalue weighted by Crippen LogP contribution is 2.30. The van der Waals surface area contributed by atoms with Gasteiger partial charge in [-0.3, -0.25) is 4.90 Å². The summed E-state index contributed by atoms with van der Waals surface area (Å²) in [6.07, 6.45) is 8.90. The molecule has 0 N–H and O–H groups in total. The molecule has 2 aromatic heterocycles. The lowest BCUT2D eigenvalue weighted by Gasteiger charge is -2.36. The number of hydrogen-bond acceptors (Lipinski definition) is 5. The number of hydrogen-bond donors (Lipinski definition) is 0. The summed E-state index contributed by atoms with van der Waals surface area (Å²) in [5.74, 6) is 0.727. The minimum Gasteiger partial charge on any atom is -0.493 e. The maximum absolute atomic E-state index is 13.7. The van der Waals surface area contributed by atoms with Crippen molar-refractivity contribution in [2.45, 2.75) is 51.0 Å². The van der Waals surface area contributed by atoms with Crippen molar-refractivity contribution in [3.05, 3.63) is 90.3 Å². The van der Waals surface area contributed by atoms with Crippen molar-refractivity contribution in [2.24, 2.45) is 0 Å². The summed E-state index contributed by atoms with van der Waals surface area (Å²) in [5.41, 5.74) is 3.84. The van der Waals surface area contributed by atoms with Crippen molar-refractivity contribution >= 4 is 38.9 Å². The number of pyridine rings is 1. The second-order valence-electron chi connectivity index (χ2n) is 10.3. The average Bonchev–Trinajstić information content (AvgIpc) is 3.43. The molecule has 0 unspecified atom stereocenters. The molecule has 2 aromatic carbocycles. The van der Waals surface area contributed by atoms with Crippen molar-refractivity contribution < 1.29 is 17.9 Å². The lowest BCUT2D eigenvalue weighted by molar-refractivity contribution is 0.192. The predicted molar refractivity (Wildman–Crippen MR) is 163 cm³/mol. The first-order valence-electron chi connectivity index (χ1n) is 14.1. The quantitative estimate of drug-likeness (QED) is 0.189. The van der Waals surface area contributed by atoms with Crippen LogP contribution < -0.4 is 9.64 Å². The predicted octanol–water partition coefficient (Wildman–Crippen LogP) is 6.63. The number of benzene rings is 2.